The van der Waals surface area contributed by atoms with Crippen LogP contribution in [0.1, 0.15) is 52.3 Å². The molecule has 19 heavy (non-hydrogen) atoms. The number of hydrogen-bond acceptors (Lipinski definition) is 3. The molecule has 0 bridgehead atoms. The minimum absolute atomic E-state index is 0.0253. The van der Waals surface area contributed by atoms with E-state index >= 15 is 0 Å². The van der Waals surface area contributed by atoms with Gasteiger partial charge in [-0.1, -0.05) is 6.92 Å². The number of piperidine rings is 1. The lowest BCUT2D eigenvalue weighted by Gasteiger charge is -2.38. The molecular formula is C14H23N3O2. The van der Waals surface area contributed by atoms with Crippen molar-refractivity contribution in [3.63, 3.8) is 0 Å². The average Bonchev–Trinajstić information content (AvgIpc) is 2.80. The summed E-state index contributed by atoms with van der Waals surface area (Å²) in [7, 11) is 0. The normalized spacial score (nSPS) is 24.3. The lowest BCUT2D eigenvalue weighted by Crippen LogP contribution is -2.44. The number of H-pyrrole nitrogens is 1. The summed E-state index contributed by atoms with van der Waals surface area (Å²) in [5.74, 6) is 0.503. The number of ether oxygens (including phenoxy) is 1. The number of rotatable bonds is 1. The fourth-order valence-corrected chi connectivity index (χ4v) is 2.44. The zero-order valence-corrected chi connectivity index (χ0v) is 12.1. The number of carbonyl (C=O) groups excluding carboxylic acids is 1. The third-order valence-corrected chi connectivity index (χ3v) is 3.31. The molecule has 1 aliphatic rings. The van der Waals surface area contributed by atoms with Gasteiger partial charge in [-0.15, -0.1) is 0 Å². The fourth-order valence-electron chi connectivity index (χ4n) is 2.44. The van der Waals surface area contributed by atoms with E-state index in [1.54, 1.807) is 6.20 Å². The molecule has 5 heteroatoms. The van der Waals surface area contributed by atoms with Gasteiger partial charge in [0.25, 0.3) is 0 Å². The third-order valence-electron chi connectivity index (χ3n) is 3.31. The van der Waals surface area contributed by atoms with Crippen molar-refractivity contribution in [2.24, 2.45) is 5.92 Å². The Kier molecular flexibility index (Phi) is 3.83. The Morgan fingerprint density at radius 3 is 2.79 bits per heavy atom. The van der Waals surface area contributed by atoms with Crippen LogP contribution in [0.15, 0.2) is 12.3 Å². The lowest BCUT2D eigenvalue weighted by atomic mass is 9.93. The zero-order chi connectivity index (χ0) is 14.0. The molecule has 1 aromatic rings. The Morgan fingerprint density at radius 2 is 2.21 bits per heavy atom. The smallest absolute Gasteiger partial charge is 0.410 e. The molecule has 5 nitrogen and oxygen atoms in total. The van der Waals surface area contributed by atoms with Crippen LogP contribution >= 0.6 is 0 Å². The van der Waals surface area contributed by atoms with Gasteiger partial charge in [-0.05, 0) is 45.6 Å². The van der Waals surface area contributed by atoms with Crippen molar-refractivity contribution in [1.82, 2.24) is 15.1 Å². The highest BCUT2D eigenvalue weighted by Crippen LogP contribution is 2.33. The minimum Gasteiger partial charge on any atom is -0.444 e. The molecule has 2 rings (SSSR count). The monoisotopic (exact) mass is 265 g/mol. The first-order valence-electron chi connectivity index (χ1n) is 6.86. The van der Waals surface area contributed by atoms with Crippen LogP contribution in [0.5, 0.6) is 0 Å². The lowest BCUT2D eigenvalue weighted by molar-refractivity contribution is 0.00306. The Balaban J connectivity index is 2.15. The quantitative estimate of drug-likeness (QED) is 0.848. The standard InChI is InChI=1S/C14H23N3O2/c1-10-5-6-12(11-7-8-15-16-11)17(9-10)13(18)19-14(2,3)4/h7-8,10,12H,5-6,9H2,1-4H3,(H,15,16)/t10?,12-/m0/s1. The van der Waals surface area contributed by atoms with Gasteiger partial charge in [0.15, 0.2) is 0 Å². The highest BCUT2D eigenvalue weighted by atomic mass is 16.6. The van der Waals surface area contributed by atoms with Gasteiger partial charge < -0.3 is 4.74 Å². The number of aromatic amines is 1. The number of likely N-dealkylation sites (tertiary alicyclic amines) is 1. The van der Waals surface area contributed by atoms with E-state index < -0.39 is 5.60 Å². The summed E-state index contributed by atoms with van der Waals surface area (Å²) in [6, 6.07) is 1.95. The summed E-state index contributed by atoms with van der Waals surface area (Å²) in [6.07, 6.45) is 3.59. The van der Waals surface area contributed by atoms with E-state index in [9.17, 15) is 4.79 Å². The van der Waals surface area contributed by atoms with Crippen LogP contribution in [0.4, 0.5) is 4.79 Å². The second-order valence-corrected chi connectivity index (χ2v) is 6.33. The summed E-state index contributed by atoms with van der Waals surface area (Å²) < 4.78 is 5.50. The van der Waals surface area contributed by atoms with Crippen molar-refractivity contribution in [2.75, 3.05) is 6.54 Å². The van der Waals surface area contributed by atoms with Gasteiger partial charge in [-0.2, -0.15) is 5.10 Å². The number of amides is 1. The molecule has 2 atom stereocenters. The highest BCUT2D eigenvalue weighted by molar-refractivity contribution is 5.69. The second-order valence-electron chi connectivity index (χ2n) is 6.33. The molecule has 1 N–H and O–H groups in total. The average molecular weight is 265 g/mol. The molecule has 0 radical (unpaired) electrons. The maximum absolute atomic E-state index is 12.3. The summed E-state index contributed by atoms with van der Waals surface area (Å²) in [4.78, 5) is 14.1. The molecule has 1 aliphatic heterocycles. The van der Waals surface area contributed by atoms with Gasteiger partial charge in [-0.25, -0.2) is 4.79 Å². The zero-order valence-electron chi connectivity index (χ0n) is 12.1. The second kappa shape index (κ2) is 5.23. The first kappa shape index (κ1) is 13.9. The van der Waals surface area contributed by atoms with Crippen molar-refractivity contribution >= 4 is 6.09 Å². The molecule has 0 aromatic carbocycles. The molecule has 0 spiro atoms. The van der Waals surface area contributed by atoms with Gasteiger partial charge in [0.2, 0.25) is 0 Å². The van der Waals surface area contributed by atoms with Crippen LogP contribution in [0.25, 0.3) is 0 Å². The Morgan fingerprint density at radius 1 is 1.47 bits per heavy atom. The molecule has 2 heterocycles. The van der Waals surface area contributed by atoms with E-state index in [1.165, 1.54) is 0 Å². The summed E-state index contributed by atoms with van der Waals surface area (Å²) >= 11 is 0. The Labute approximate surface area is 114 Å². The van der Waals surface area contributed by atoms with E-state index in [-0.39, 0.29) is 12.1 Å². The molecule has 1 fully saturated rings. The third kappa shape index (κ3) is 3.49. The van der Waals surface area contributed by atoms with Crippen molar-refractivity contribution in [1.29, 1.82) is 0 Å². The predicted molar refractivity (Wildman–Crippen MR) is 72.7 cm³/mol. The van der Waals surface area contributed by atoms with Crippen molar-refractivity contribution in [2.45, 2.75) is 52.2 Å². The number of aromatic nitrogens is 2. The van der Waals surface area contributed by atoms with Crippen LogP contribution in [0.3, 0.4) is 0 Å². The van der Waals surface area contributed by atoms with Crippen LogP contribution < -0.4 is 0 Å². The summed E-state index contributed by atoms with van der Waals surface area (Å²) in [5, 5.41) is 7.04. The van der Waals surface area contributed by atoms with Gasteiger partial charge in [0, 0.05) is 12.7 Å². The number of carbonyl (C=O) groups is 1. The Hall–Kier alpha value is -1.52. The molecule has 1 amide bonds. The Bertz CT molecular complexity index is 422. The van der Waals surface area contributed by atoms with Crippen molar-refractivity contribution in [3.05, 3.63) is 18.0 Å². The largest absolute Gasteiger partial charge is 0.444 e. The minimum atomic E-state index is -0.464. The number of nitrogens with one attached hydrogen (secondary N) is 1. The maximum atomic E-state index is 12.3. The molecule has 1 saturated heterocycles. The van der Waals surface area contributed by atoms with Crippen molar-refractivity contribution in [3.8, 4) is 0 Å². The van der Waals surface area contributed by atoms with Crippen LogP contribution in [0, 0.1) is 5.92 Å². The molecular weight excluding hydrogens is 242 g/mol. The van der Waals surface area contributed by atoms with Crippen LogP contribution in [-0.2, 0) is 4.74 Å². The van der Waals surface area contributed by atoms with Gasteiger partial charge in [-0.3, -0.25) is 10.00 Å². The first-order valence-corrected chi connectivity index (χ1v) is 6.86. The van der Waals surface area contributed by atoms with Gasteiger partial charge >= 0.3 is 6.09 Å². The highest BCUT2D eigenvalue weighted by Gasteiger charge is 2.34. The maximum Gasteiger partial charge on any atom is 0.410 e. The SMILES string of the molecule is CC1CC[C@@H](c2cc[nH]n2)N(C(=O)OC(C)(C)C)C1. The van der Waals surface area contributed by atoms with Crippen LogP contribution in [0.2, 0.25) is 0 Å². The van der Waals surface area contributed by atoms with Crippen molar-refractivity contribution < 1.29 is 9.53 Å². The summed E-state index contributed by atoms with van der Waals surface area (Å²) in [6.45, 7) is 8.57. The molecule has 1 aromatic heterocycles. The van der Waals surface area contributed by atoms with Gasteiger partial charge in [0.1, 0.15) is 5.60 Å². The fraction of sp³-hybridized carbons (Fsp3) is 0.714. The predicted octanol–water partition coefficient (Wildman–Crippen LogP) is 3.12. The number of nitrogens with zero attached hydrogens (tertiary/aromatic N) is 2. The van der Waals surface area contributed by atoms with E-state index in [1.807, 2.05) is 31.7 Å². The first-order chi connectivity index (χ1) is 8.87. The molecule has 106 valence electrons. The summed E-state index contributed by atoms with van der Waals surface area (Å²) in [5.41, 5.74) is 0.450. The van der Waals surface area contributed by atoms with E-state index in [0.717, 1.165) is 25.1 Å². The number of hydrogen-bond donors (Lipinski definition) is 1. The van der Waals surface area contributed by atoms with Gasteiger partial charge in [0.05, 0.1) is 11.7 Å². The van der Waals surface area contributed by atoms with E-state index in [2.05, 4.69) is 17.1 Å². The topological polar surface area (TPSA) is 58.2 Å². The molecule has 0 saturated carbocycles. The van der Waals surface area contributed by atoms with E-state index in [4.69, 9.17) is 4.74 Å². The molecule has 0 aliphatic carbocycles. The van der Waals surface area contributed by atoms with E-state index in [0.29, 0.717) is 5.92 Å². The van der Waals surface area contributed by atoms with Crippen LogP contribution in [-0.4, -0.2) is 33.3 Å². The molecule has 1 unspecified atom stereocenters.